The van der Waals surface area contributed by atoms with Crippen molar-refractivity contribution in [1.82, 2.24) is 3.97 Å². The molecule has 0 aliphatic rings. The third-order valence-electron chi connectivity index (χ3n) is 4.10. The van der Waals surface area contributed by atoms with E-state index in [2.05, 4.69) is 0 Å². The van der Waals surface area contributed by atoms with Crippen molar-refractivity contribution in [3.05, 3.63) is 65.9 Å². The zero-order valence-corrected chi connectivity index (χ0v) is 16.2. The molecule has 3 aromatic rings. The molecule has 146 valence electrons. The fourth-order valence-electron chi connectivity index (χ4n) is 2.97. The third kappa shape index (κ3) is 3.50. The highest BCUT2D eigenvalue weighted by molar-refractivity contribution is 7.90. The van der Waals surface area contributed by atoms with Crippen molar-refractivity contribution in [3.63, 3.8) is 0 Å². The highest BCUT2D eigenvalue weighted by atomic mass is 32.2. The first-order valence-electron chi connectivity index (χ1n) is 8.61. The summed E-state index contributed by atoms with van der Waals surface area (Å²) in [6.07, 6.45) is 0. The summed E-state index contributed by atoms with van der Waals surface area (Å²) in [7, 11) is -4.05. The molecule has 7 nitrogen and oxygen atoms in total. The first-order chi connectivity index (χ1) is 13.4. The summed E-state index contributed by atoms with van der Waals surface area (Å²) in [4.78, 5) is 24.1. The average Bonchev–Trinajstić information content (AvgIpc) is 3.02. The molecule has 0 bridgehead atoms. The lowest BCUT2D eigenvalue weighted by Gasteiger charge is -2.13. The number of fused-ring (bicyclic) bond motifs is 1. The summed E-state index contributed by atoms with van der Waals surface area (Å²) in [6.45, 7) is 2.60. The van der Waals surface area contributed by atoms with Gasteiger partial charge in [-0.3, -0.25) is 4.79 Å². The summed E-state index contributed by atoms with van der Waals surface area (Å²) in [5.41, 5.74) is 0.411. The molecule has 2 aromatic carbocycles. The van der Waals surface area contributed by atoms with Crippen molar-refractivity contribution in [2.45, 2.75) is 25.3 Å². The lowest BCUT2D eigenvalue weighted by Crippen LogP contribution is -2.19. The van der Waals surface area contributed by atoms with Gasteiger partial charge in [-0.1, -0.05) is 36.4 Å². The van der Waals surface area contributed by atoms with Crippen molar-refractivity contribution in [2.75, 3.05) is 6.61 Å². The quantitative estimate of drug-likeness (QED) is 0.590. The normalized spacial score (nSPS) is 11.4. The van der Waals surface area contributed by atoms with Crippen LogP contribution in [0.5, 0.6) is 0 Å². The van der Waals surface area contributed by atoms with Gasteiger partial charge in [0.25, 0.3) is 10.0 Å². The first-order valence-corrected chi connectivity index (χ1v) is 10.0. The topological polar surface area (TPSA) is 91.7 Å². The Balaban J connectivity index is 2.36. The average molecular weight is 401 g/mol. The number of para-hydroxylation sites is 1. The molecule has 0 aliphatic heterocycles. The molecule has 0 spiro atoms. The molecule has 28 heavy (non-hydrogen) atoms. The van der Waals surface area contributed by atoms with Crippen LogP contribution in [-0.4, -0.2) is 30.9 Å². The lowest BCUT2D eigenvalue weighted by molar-refractivity contribution is -0.142. The second-order valence-electron chi connectivity index (χ2n) is 5.92. The van der Waals surface area contributed by atoms with Gasteiger partial charge < -0.3 is 9.47 Å². The molecule has 0 N–H and O–H groups in total. The molecule has 1 heterocycles. The number of nitrogens with zero attached hydrogens (tertiary/aromatic N) is 1. The Labute approximate surface area is 162 Å². The molecule has 1 aromatic heterocycles. The summed E-state index contributed by atoms with van der Waals surface area (Å²) in [5.74, 6) is -1.27. The van der Waals surface area contributed by atoms with E-state index >= 15 is 0 Å². The maximum absolute atomic E-state index is 13.4. The molecule has 0 atom stereocenters. The fourth-order valence-corrected chi connectivity index (χ4v) is 4.53. The van der Waals surface area contributed by atoms with Crippen LogP contribution in [0.25, 0.3) is 10.9 Å². The van der Waals surface area contributed by atoms with Gasteiger partial charge in [-0.05, 0) is 25.1 Å². The Kier molecular flexibility index (Phi) is 5.51. The second kappa shape index (κ2) is 7.85. The van der Waals surface area contributed by atoms with E-state index in [1.807, 2.05) is 0 Å². The number of ether oxygens (including phenoxy) is 2. The lowest BCUT2D eigenvalue weighted by atomic mass is 10.1. The summed E-state index contributed by atoms with van der Waals surface area (Å²) < 4.78 is 38.0. The van der Waals surface area contributed by atoms with Gasteiger partial charge in [-0.25, -0.2) is 17.2 Å². The number of esters is 2. The van der Waals surface area contributed by atoms with Crippen molar-refractivity contribution in [2.24, 2.45) is 0 Å². The van der Waals surface area contributed by atoms with E-state index in [0.29, 0.717) is 10.9 Å². The van der Waals surface area contributed by atoms with Crippen molar-refractivity contribution in [1.29, 1.82) is 0 Å². The van der Waals surface area contributed by atoms with Gasteiger partial charge in [0.1, 0.15) is 6.61 Å². The Morgan fingerprint density at radius 2 is 1.61 bits per heavy atom. The summed E-state index contributed by atoms with van der Waals surface area (Å²) >= 11 is 0. The van der Waals surface area contributed by atoms with E-state index in [1.54, 1.807) is 49.4 Å². The van der Waals surface area contributed by atoms with Crippen LogP contribution < -0.4 is 0 Å². The summed E-state index contributed by atoms with van der Waals surface area (Å²) in [6, 6.07) is 14.4. The minimum Gasteiger partial charge on any atom is -0.462 e. The van der Waals surface area contributed by atoms with Gasteiger partial charge in [0.05, 0.1) is 28.3 Å². The van der Waals surface area contributed by atoms with Crippen LogP contribution in [0.15, 0.2) is 59.5 Å². The Hall–Kier alpha value is -3.13. The van der Waals surface area contributed by atoms with Gasteiger partial charge >= 0.3 is 11.9 Å². The Morgan fingerprint density at radius 3 is 2.25 bits per heavy atom. The van der Waals surface area contributed by atoms with Crippen molar-refractivity contribution < 1.29 is 27.5 Å². The summed E-state index contributed by atoms with van der Waals surface area (Å²) in [5, 5.41) is 0.405. The molecule has 0 saturated heterocycles. The van der Waals surface area contributed by atoms with Crippen LogP contribution in [-0.2, 0) is 30.9 Å². The van der Waals surface area contributed by atoms with Crippen LogP contribution >= 0.6 is 0 Å². The molecule has 3 rings (SSSR count). The smallest absolute Gasteiger partial charge is 0.340 e. The van der Waals surface area contributed by atoms with E-state index in [-0.39, 0.29) is 29.4 Å². The van der Waals surface area contributed by atoms with Crippen LogP contribution in [0.3, 0.4) is 0 Å². The van der Waals surface area contributed by atoms with Gasteiger partial charge in [0.15, 0.2) is 0 Å². The fraction of sp³-hybridized carbons (Fsp3) is 0.200. The van der Waals surface area contributed by atoms with E-state index in [9.17, 15) is 18.0 Å². The zero-order chi connectivity index (χ0) is 20.3. The number of benzene rings is 2. The van der Waals surface area contributed by atoms with E-state index in [4.69, 9.17) is 9.47 Å². The highest BCUT2D eigenvalue weighted by Gasteiger charge is 2.30. The minimum absolute atomic E-state index is 0.0405. The maximum Gasteiger partial charge on any atom is 0.340 e. The number of rotatable bonds is 6. The number of carbonyl (C=O) groups excluding carboxylic acids is 2. The van der Waals surface area contributed by atoms with Crippen LogP contribution in [0.1, 0.15) is 29.9 Å². The van der Waals surface area contributed by atoms with E-state index < -0.39 is 22.0 Å². The number of carbonyl (C=O) groups is 2. The molecule has 0 unspecified atom stereocenters. The van der Waals surface area contributed by atoms with Crippen LogP contribution in [0, 0.1) is 0 Å². The van der Waals surface area contributed by atoms with Gasteiger partial charge in [-0.2, -0.15) is 0 Å². The highest BCUT2D eigenvalue weighted by Crippen LogP contribution is 2.31. The predicted molar refractivity (Wildman–Crippen MR) is 102 cm³/mol. The van der Waals surface area contributed by atoms with E-state index in [1.165, 1.54) is 19.1 Å². The van der Waals surface area contributed by atoms with Crippen LogP contribution in [0.4, 0.5) is 0 Å². The SMILES string of the molecule is CCOC(=O)c1c(COC(C)=O)n(S(=O)(=O)c2ccccc2)c2ccccc12. The molecule has 8 heteroatoms. The predicted octanol–water partition coefficient (Wildman–Crippen LogP) is 3.12. The number of hydrogen-bond donors (Lipinski definition) is 0. The van der Waals surface area contributed by atoms with Gasteiger partial charge in [-0.15, -0.1) is 0 Å². The van der Waals surface area contributed by atoms with Crippen molar-refractivity contribution in [3.8, 4) is 0 Å². The molecule has 0 saturated carbocycles. The van der Waals surface area contributed by atoms with Crippen LogP contribution in [0.2, 0.25) is 0 Å². The minimum atomic E-state index is -4.05. The molecule has 0 amide bonds. The molecular weight excluding hydrogens is 382 g/mol. The van der Waals surface area contributed by atoms with E-state index in [0.717, 1.165) is 3.97 Å². The molecule has 0 radical (unpaired) electrons. The monoisotopic (exact) mass is 401 g/mol. The molecular formula is C20H19NO6S. The number of hydrogen-bond acceptors (Lipinski definition) is 6. The third-order valence-corrected chi connectivity index (χ3v) is 5.86. The largest absolute Gasteiger partial charge is 0.462 e. The second-order valence-corrected chi connectivity index (χ2v) is 7.71. The molecule has 0 fully saturated rings. The zero-order valence-electron chi connectivity index (χ0n) is 15.4. The first kappa shape index (κ1) is 19.6. The maximum atomic E-state index is 13.4. The molecule has 0 aliphatic carbocycles. The number of aromatic nitrogens is 1. The Morgan fingerprint density at radius 1 is 0.964 bits per heavy atom. The van der Waals surface area contributed by atoms with Gasteiger partial charge in [0.2, 0.25) is 0 Å². The van der Waals surface area contributed by atoms with Gasteiger partial charge in [0, 0.05) is 12.3 Å². The Bertz CT molecular complexity index is 1130. The standard InChI is InChI=1S/C20H19NO6S/c1-3-26-20(23)19-16-11-7-8-12-17(16)21(18(19)13-27-14(2)22)28(24,25)15-9-5-4-6-10-15/h4-12H,3,13H2,1-2H3. The van der Waals surface area contributed by atoms with Crippen molar-refractivity contribution >= 4 is 32.9 Å².